The summed E-state index contributed by atoms with van der Waals surface area (Å²) in [6, 6.07) is 17.0. The van der Waals surface area contributed by atoms with Crippen LogP contribution in [0, 0.1) is 6.92 Å². The molecule has 2 N–H and O–H groups in total. The van der Waals surface area contributed by atoms with Crippen molar-refractivity contribution in [1.82, 2.24) is 15.1 Å². The van der Waals surface area contributed by atoms with Crippen LogP contribution in [0.3, 0.4) is 0 Å². The second-order valence-electron chi connectivity index (χ2n) is 7.94. The van der Waals surface area contributed by atoms with Gasteiger partial charge in [-0.15, -0.1) is 0 Å². The highest BCUT2D eigenvalue weighted by atomic mass is 16.5. The summed E-state index contributed by atoms with van der Waals surface area (Å²) in [5.74, 6) is 1.38. The summed E-state index contributed by atoms with van der Waals surface area (Å²) in [6.45, 7) is 4.05. The fourth-order valence-corrected chi connectivity index (χ4v) is 3.90. The minimum atomic E-state index is -0.151. The van der Waals surface area contributed by atoms with Crippen molar-refractivity contribution in [2.45, 2.75) is 26.2 Å². The SMILES string of the molecule is Cc1cc(N2CCCC2)nc(Nc2ccc(NC(=O)Cc3noc4ccccc34)cc2)n1. The Morgan fingerprint density at radius 1 is 1.03 bits per heavy atom. The molecule has 0 saturated carbocycles. The van der Waals surface area contributed by atoms with Gasteiger partial charge in [0.2, 0.25) is 11.9 Å². The number of nitrogens with one attached hydrogen (secondary N) is 2. The monoisotopic (exact) mass is 428 g/mol. The Kier molecular flexibility index (Phi) is 5.41. The van der Waals surface area contributed by atoms with E-state index in [0.717, 1.165) is 35.7 Å². The number of carbonyl (C=O) groups is 1. The highest BCUT2D eigenvalue weighted by Gasteiger charge is 2.15. The van der Waals surface area contributed by atoms with Crippen LogP contribution in [0.4, 0.5) is 23.1 Å². The van der Waals surface area contributed by atoms with Gasteiger partial charge in [-0.3, -0.25) is 4.79 Å². The number of aromatic nitrogens is 3. The van der Waals surface area contributed by atoms with E-state index in [9.17, 15) is 4.79 Å². The molecule has 1 aliphatic heterocycles. The average Bonchev–Trinajstić information content (AvgIpc) is 3.46. The Labute approximate surface area is 185 Å². The van der Waals surface area contributed by atoms with Gasteiger partial charge in [-0.1, -0.05) is 17.3 Å². The maximum Gasteiger partial charge on any atom is 0.230 e. The van der Waals surface area contributed by atoms with E-state index in [1.807, 2.05) is 61.5 Å². The van der Waals surface area contributed by atoms with E-state index in [4.69, 9.17) is 4.52 Å². The summed E-state index contributed by atoms with van der Waals surface area (Å²) in [6.07, 6.45) is 2.55. The molecule has 0 unspecified atom stereocenters. The number of para-hydroxylation sites is 1. The van der Waals surface area contributed by atoms with Crippen LogP contribution in [0.5, 0.6) is 0 Å². The van der Waals surface area contributed by atoms with Crippen molar-refractivity contribution in [2.24, 2.45) is 0 Å². The average molecular weight is 428 g/mol. The lowest BCUT2D eigenvalue weighted by atomic mass is 10.1. The number of hydrogen-bond donors (Lipinski definition) is 2. The van der Waals surface area contributed by atoms with E-state index in [2.05, 4.69) is 30.7 Å². The third kappa shape index (κ3) is 4.39. The topological polar surface area (TPSA) is 96.2 Å². The fraction of sp³-hybridized carbons (Fsp3) is 0.250. The van der Waals surface area contributed by atoms with Gasteiger partial charge in [0.1, 0.15) is 11.5 Å². The first kappa shape index (κ1) is 20.0. The van der Waals surface area contributed by atoms with Gasteiger partial charge in [-0.05, 0) is 56.2 Å². The van der Waals surface area contributed by atoms with Crippen LogP contribution in [-0.2, 0) is 11.2 Å². The number of fused-ring (bicyclic) bond motifs is 1. The summed E-state index contributed by atoms with van der Waals surface area (Å²) in [5, 5.41) is 11.0. The first-order valence-electron chi connectivity index (χ1n) is 10.7. The molecule has 4 aromatic rings. The van der Waals surface area contributed by atoms with E-state index in [1.54, 1.807) is 0 Å². The maximum absolute atomic E-state index is 12.5. The van der Waals surface area contributed by atoms with Gasteiger partial charge in [-0.25, -0.2) is 4.98 Å². The van der Waals surface area contributed by atoms with Crippen molar-refractivity contribution in [3.05, 3.63) is 66.0 Å². The number of carbonyl (C=O) groups excluding carboxylic acids is 1. The van der Waals surface area contributed by atoms with Crippen LogP contribution >= 0.6 is 0 Å². The number of nitrogens with zero attached hydrogens (tertiary/aromatic N) is 4. The van der Waals surface area contributed by atoms with Gasteiger partial charge in [0.15, 0.2) is 5.58 Å². The minimum absolute atomic E-state index is 0.146. The molecular weight excluding hydrogens is 404 g/mol. The molecule has 8 heteroatoms. The van der Waals surface area contributed by atoms with E-state index in [-0.39, 0.29) is 12.3 Å². The molecule has 2 aromatic carbocycles. The predicted octanol–water partition coefficient (Wildman–Crippen LogP) is 4.45. The van der Waals surface area contributed by atoms with Crippen molar-refractivity contribution < 1.29 is 9.32 Å². The van der Waals surface area contributed by atoms with Crippen LogP contribution in [0.2, 0.25) is 0 Å². The Bertz CT molecular complexity index is 1250. The van der Waals surface area contributed by atoms with Gasteiger partial charge < -0.3 is 20.1 Å². The minimum Gasteiger partial charge on any atom is -0.356 e. The van der Waals surface area contributed by atoms with Gasteiger partial charge in [0.05, 0.1) is 6.42 Å². The molecular formula is C24H24N6O2. The van der Waals surface area contributed by atoms with Crippen molar-refractivity contribution in [2.75, 3.05) is 28.6 Å². The Morgan fingerprint density at radius 2 is 1.78 bits per heavy atom. The molecule has 162 valence electrons. The van der Waals surface area contributed by atoms with Crippen LogP contribution in [0.15, 0.2) is 59.1 Å². The standard InChI is InChI=1S/C24H24N6O2/c1-16-14-22(30-12-4-5-13-30)28-24(25-16)27-18-10-8-17(9-11-18)26-23(31)15-20-19-6-2-3-7-21(19)32-29-20/h2-3,6-11,14H,4-5,12-13,15H2,1H3,(H,26,31)(H,25,27,28). The Hall–Kier alpha value is -3.94. The molecule has 0 aliphatic carbocycles. The van der Waals surface area contributed by atoms with E-state index >= 15 is 0 Å². The molecule has 1 fully saturated rings. The first-order chi connectivity index (χ1) is 15.6. The first-order valence-corrected chi connectivity index (χ1v) is 10.7. The zero-order chi connectivity index (χ0) is 21.9. The normalized spacial score (nSPS) is 13.5. The lowest BCUT2D eigenvalue weighted by molar-refractivity contribution is -0.115. The number of hydrogen-bond acceptors (Lipinski definition) is 7. The second-order valence-corrected chi connectivity index (χ2v) is 7.94. The van der Waals surface area contributed by atoms with Gasteiger partial charge in [0.25, 0.3) is 0 Å². The number of rotatable bonds is 6. The molecule has 32 heavy (non-hydrogen) atoms. The van der Waals surface area contributed by atoms with Crippen LogP contribution < -0.4 is 15.5 Å². The lowest BCUT2D eigenvalue weighted by Crippen LogP contribution is -2.19. The number of anilines is 4. The highest BCUT2D eigenvalue weighted by Crippen LogP contribution is 2.23. The zero-order valence-electron chi connectivity index (χ0n) is 17.8. The molecule has 0 radical (unpaired) electrons. The highest BCUT2D eigenvalue weighted by molar-refractivity contribution is 5.94. The van der Waals surface area contributed by atoms with Crippen molar-refractivity contribution in [1.29, 1.82) is 0 Å². The lowest BCUT2D eigenvalue weighted by Gasteiger charge is -2.17. The van der Waals surface area contributed by atoms with Crippen LogP contribution in [0.25, 0.3) is 11.0 Å². The molecule has 5 rings (SSSR count). The Morgan fingerprint density at radius 3 is 2.59 bits per heavy atom. The Balaban J connectivity index is 1.23. The molecule has 1 saturated heterocycles. The fourth-order valence-electron chi connectivity index (χ4n) is 3.90. The van der Waals surface area contributed by atoms with Gasteiger partial charge in [0, 0.05) is 41.6 Å². The summed E-state index contributed by atoms with van der Waals surface area (Å²) < 4.78 is 5.27. The van der Waals surface area contributed by atoms with Crippen molar-refractivity contribution >= 4 is 40.0 Å². The molecule has 1 amide bonds. The van der Waals surface area contributed by atoms with Crippen LogP contribution in [0.1, 0.15) is 24.2 Å². The number of amides is 1. The van der Waals surface area contributed by atoms with Gasteiger partial charge in [-0.2, -0.15) is 4.98 Å². The summed E-state index contributed by atoms with van der Waals surface area (Å²) in [5.41, 5.74) is 3.78. The van der Waals surface area contributed by atoms with Gasteiger partial charge >= 0.3 is 0 Å². The quantitative estimate of drug-likeness (QED) is 0.468. The molecule has 0 bridgehead atoms. The van der Waals surface area contributed by atoms with E-state index < -0.39 is 0 Å². The number of benzene rings is 2. The third-order valence-electron chi connectivity index (χ3n) is 5.48. The molecule has 0 spiro atoms. The van der Waals surface area contributed by atoms with Crippen LogP contribution in [-0.4, -0.2) is 34.1 Å². The summed E-state index contributed by atoms with van der Waals surface area (Å²) in [7, 11) is 0. The van der Waals surface area contributed by atoms with E-state index in [1.165, 1.54) is 12.8 Å². The molecule has 0 atom stereocenters. The summed E-state index contributed by atoms with van der Waals surface area (Å²) >= 11 is 0. The van der Waals surface area contributed by atoms with E-state index in [0.29, 0.717) is 22.9 Å². The molecule has 2 aromatic heterocycles. The predicted molar refractivity (Wildman–Crippen MR) is 124 cm³/mol. The largest absolute Gasteiger partial charge is 0.356 e. The molecule has 1 aliphatic rings. The maximum atomic E-state index is 12.5. The van der Waals surface area contributed by atoms with Crippen molar-refractivity contribution in [3.8, 4) is 0 Å². The smallest absolute Gasteiger partial charge is 0.230 e. The number of aryl methyl sites for hydroxylation is 1. The second kappa shape index (κ2) is 8.66. The van der Waals surface area contributed by atoms with Crippen molar-refractivity contribution in [3.63, 3.8) is 0 Å². The third-order valence-corrected chi connectivity index (χ3v) is 5.48. The molecule has 3 heterocycles. The molecule has 8 nitrogen and oxygen atoms in total. The summed E-state index contributed by atoms with van der Waals surface area (Å²) in [4.78, 5) is 23.9. The zero-order valence-corrected chi connectivity index (χ0v) is 17.8.